The van der Waals surface area contributed by atoms with Gasteiger partial charge in [0, 0.05) is 0 Å². The molecule has 1 N–H and O–H groups in total. The predicted molar refractivity (Wildman–Crippen MR) is 79.0 cm³/mol. The molecule has 0 bridgehead atoms. The molecule has 0 radical (unpaired) electrons. The van der Waals surface area contributed by atoms with E-state index in [4.69, 9.17) is 0 Å². The van der Waals surface area contributed by atoms with Crippen LogP contribution in [0.2, 0.25) is 0 Å². The molecular weight excluding hydrogens is 367 g/mol. The molecule has 138 valence electrons. The van der Waals surface area contributed by atoms with Gasteiger partial charge >= 0.3 is 18.2 Å². The van der Waals surface area contributed by atoms with E-state index in [9.17, 15) is 31.2 Å². The van der Waals surface area contributed by atoms with E-state index in [0.29, 0.717) is 0 Å². The third-order valence-corrected chi connectivity index (χ3v) is 3.90. The first-order chi connectivity index (χ1) is 11.5. The maximum Gasteiger partial charge on any atom is 0.490 e. The summed E-state index contributed by atoms with van der Waals surface area (Å²) in [7, 11) is -4.09. The minimum absolute atomic E-state index is 0.135. The summed E-state index contributed by atoms with van der Waals surface area (Å²) in [6.07, 6.45) is -4.26. The third kappa shape index (κ3) is 7.25. The molecule has 0 saturated heterocycles. The molecule has 0 spiro atoms. The van der Waals surface area contributed by atoms with E-state index in [0.717, 1.165) is 17.7 Å². The number of hydrogen-bond donors (Lipinski definition) is 1. The number of sulfonamides is 1. The Balaban J connectivity index is 2.39. The molecule has 7 nitrogen and oxygen atoms in total. The standard InChI is InChI=1S/C14H14F3NO6S/c1-10-4-6-11(7-5-10)25(21,22)18-13(20)24-9-3-2-8-23-12(19)14(15,16)17/h2-7H,8-9H2,1H3,(H,18,20)/b3-2+. The van der Waals surface area contributed by atoms with Crippen molar-refractivity contribution in [1.82, 2.24) is 4.72 Å². The van der Waals surface area contributed by atoms with Gasteiger partial charge in [0.1, 0.15) is 13.2 Å². The van der Waals surface area contributed by atoms with Crippen LogP contribution < -0.4 is 4.72 Å². The fourth-order valence-electron chi connectivity index (χ4n) is 1.38. The number of esters is 1. The molecule has 11 heteroatoms. The van der Waals surface area contributed by atoms with Crippen LogP contribution >= 0.6 is 0 Å². The number of nitrogens with one attached hydrogen (secondary N) is 1. The second-order valence-corrected chi connectivity index (χ2v) is 6.27. The molecule has 1 aromatic carbocycles. The number of carbonyl (C=O) groups excluding carboxylic acids is 2. The van der Waals surface area contributed by atoms with Crippen LogP contribution in [0.1, 0.15) is 5.56 Å². The first kappa shape index (κ1) is 20.5. The largest absolute Gasteiger partial charge is 0.490 e. The summed E-state index contributed by atoms with van der Waals surface area (Å²) in [5.74, 6) is -2.35. The number of ether oxygens (including phenoxy) is 2. The Morgan fingerprint density at radius 3 is 2.12 bits per heavy atom. The van der Waals surface area contributed by atoms with Crippen molar-refractivity contribution in [2.45, 2.75) is 18.0 Å². The number of alkyl halides is 3. The minimum Gasteiger partial charge on any atom is -0.455 e. The Hall–Kier alpha value is -2.56. The van der Waals surface area contributed by atoms with Crippen LogP contribution in [0.5, 0.6) is 0 Å². The van der Waals surface area contributed by atoms with Crippen molar-refractivity contribution in [2.24, 2.45) is 0 Å². The van der Waals surface area contributed by atoms with Crippen molar-refractivity contribution >= 4 is 22.1 Å². The van der Waals surface area contributed by atoms with Crippen molar-refractivity contribution in [1.29, 1.82) is 0 Å². The van der Waals surface area contributed by atoms with Gasteiger partial charge in [-0.2, -0.15) is 13.2 Å². The predicted octanol–water partition coefficient (Wildman–Crippen LogP) is 2.07. The van der Waals surface area contributed by atoms with Crippen LogP contribution in [0.15, 0.2) is 41.3 Å². The lowest BCUT2D eigenvalue weighted by molar-refractivity contribution is -0.198. The highest BCUT2D eigenvalue weighted by Gasteiger charge is 2.40. The van der Waals surface area contributed by atoms with E-state index in [1.165, 1.54) is 12.1 Å². The van der Waals surface area contributed by atoms with Crippen molar-refractivity contribution in [2.75, 3.05) is 13.2 Å². The van der Waals surface area contributed by atoms with Gasteiger partial charge in [0.05, 0.1) is 4.90 Å². The van der Waals surface area contributed by atoms with Gasteiger partial charge < -0.3 is 9.47 Å². The first-order valence-electron chi connectivity index (χ1n) is 6.67. The molecular formula is C14H14F3NO6S. The highest BCUT2D eigenvalue weighted by molar-refractivity contribution is 7.90. The lowest BCUT2D eigenvalue weighted by Crippen LogP contribution is -2.31. The second kappa shape index (κ2) is 8.51. The van der Waals surface area contributed by atoms with E-state index < -0.39 is 41.5 Å². The lowest BCUT2D eigenvalue weighted by atomic mass is 10.2. The normalized spacial score (nSPS) is 12.0. The minimum atomic E-state index is -5.09. The van der Waals surface area contributed by atoms with Crippen molar-refractivity contribution in [3.05, 3.63) is 42.0 Å². The zero-order valence-corrected chi connectivity index (χ0v) is 13.7. The summed E-state index contributed by atoms with van der Waals surface area (Å²) in [6.45, 7) is 0.653. The van der Waals surface area contributed by atoms with Gasteiger partial charge in [-0.15, -0.1) is 0 Å². The molecule has 0 saturated carbocycles. The van der Waals surface area contributed by atoms with Crippen LogP contribution in [0.3, 0.4) is 0 Å². The fourth-order valence-corrected chi connectivity index (χ4v) is 2.27. The quantitative estimate of drug-likeness (QED) is 0.598. The fraction of sp³-hybridized carbons (Fsp3) is 0.286. The first-order valence-corrected chi connectivity index (χ1v) is 8.16. The van der Waals surface area contributed by atoms with Gasteiger partial charge in [-0.1, -0.05) is 17.7 Å². The van der Waals surface area contributed by atoms with Crippen molar-refractivity contribution < 1.29 is 40.7 Å². The molecule has 0 aliphatic carbocycles. The molecule has 0 unspecified atom stereocenters. The van der Waals surface area contributed by atoms with Crippen LogP contribution in [0.4, 0.5) is 18.0 Å². The Morgan fingerprint density at radius 2 is 1.60 bits per heavy atom. The van der Waals surface area contributed by atoms with Gasteiger partial charge in [0.15, 0.2) is 0 Å². The number of amides is 1. The van der Waals surface area contributed by atoms with Crippen LogP contribution in [0, 0.1) is 6.92 Å². The van der Waals surface area contributed by atoms with Gasteiger partial charge in [-0.05, 0) is 31.2 Å². The number of carbonyl (C=O) groups is 2. The molecule has 0 aromatic heterocycles. The average Bonchev–Trinajstić information content (AvgIpc) is 2.49. The smallest absolute Gasteiger partial charge is 0.455 e. The summed E-state index contributed by atoms with van der Waals surface area (Å²) in [5, 5.41) is 0. The molecule has 0 atom stereocenters. The average molecular weight is 381 g/mol. The van der Waals surface area contributed by atoms with Gasteiger partial charge in [-0.3, -0.25) is 0 Å². The van der Waals surface area contributed by atoms with Gasteiger partial charge in [-0.25, -0.2) is 22.7 Å². The molecule has 0 aliphatic heterocycles. The summed E-state index contributed by atoms with van der Waals surface area (Å²) < 4.78 is 69.2. The number of rotatable bonds is 6. The highest BCUT2D eigenvalue weighted by atomic mass is 32.2. The van der Waals surface area contributed by atoms with Crippen LogP contribution in [-0.2, 0) is 24.3 Å². The second-order valence-electron chi connectivity index (χ2n) is 4.58. The van der Waals surface area contributed by atoms with Gasteiger partial charge in [0.2, 0.25) is 0 Å². The van der Waals surface area contributed by atoms with Crippen molar-refractivity contribution in [3.63, 3.8) is 0 Å². The highest BCUT2D eigenvalue weighted by Crippen LogP contribution is 2.16. The topological polar surface area (TPSA) is 98.8 Å². The molecule has 1 rings (SSSR count). The Bertz CT molecular complexity index is 741. The lowest BCUT2D eigenvalue weighted by Gasteiger charge is -2.07. The monoisotopic (exact) mass is 381 g/mol. The van der Waals surface area contributed by atoms with E-state index >= 15 is 0 Å². The van der Waals surface area contributed by atoms with Crippen LogP contribution in [-0.4, -0.2) is 39.9 Å². The number of hydrogen-bond acceptors (Lipinski definition) is 6. The summed E-state index contributed by atoms with van der Waals surface area (Å²) in [4.78, 5) is 21.6. The summed E-state index contributed by atoms with van der Waals surface area (Å²) in [6, 6.07) is 5.70. The number of aryl methyl sites for hydroxylation is 1. The Kier molecular flexibility index (Phi) is 6.97. The van der Waals surface area contributed by atoms with Crippen LogP contribution in [0.25, 0.3) is 0 Å². The molecule has 0 fully saturated rings. The van der Waals surface area contributed by atoms with Gasteiger partial charge in [0.25, 0.3) is 10.0 Å². The van der Waals surface area contributed by atoms with Crippen molar-refractivity contribution in [3.8, 4) is 0 Å². The SMILES string of the molecule is Cc1ccc(S(=O)(=O)NC(=O)OC/C=C/COC(=O)C(F)(F)F)cc1. The molecule has 1 amide bonds. The molecule has 25 heavy (non-hydrogen) atoms. The van der Waals surface area contributed by atoms with E-state index in [-0.39, 0.29) is 4.90 Å². The van der Waals surface area contributed by atoms with E-state index in [1.54, 1.807) is 23.8 Å². The molecule has 0 aliphatic rings. The third-order valence-electron chi connectivity index (χ3n) is 2.57. The zero-order valence-electron chi connectivity index (χ0n) is 12.9. The maximum absolute atomic E-state index is 11.9. The Labute approximate surface area is 141 Å². The van der Waals surface area contributed by atoms with E-state index in [1.807, 2.05) is 0 Å². The Morgan fingerprint density at radius 1 is 1.08 bits per heavy atom. The summed E-state index contributed by atoms with van der Waals surface area (Å²) in [5.41, 5.74) is 0.831. The molecule has 1 aromatic rings. The maximum atomic E-state index is 11.9. The number of benzene rings is 1. The molecule has 0 heterocycles. The van der Waals surface area contributed by atoms with E-state index in [2.05, 4.69) is 9.47 Å². The summed E-state index contributed by atoms with van der Waals surface area (Å²) >= 11 is 0. The number of halogens is 3. The zero-order chi connectivity index (χ0) is 19.1.